The fourth-order valence-electron chi connectivity index (χ4n) is 3.04. The van der Waals surface area contributed by atoms with Crippen LogP contribution < -0.4 is 10.9 Å². The molecular weight excluding hydrogens is 316 g/mol. The predicted octanol–water partition coefficient (Wildman–Crippen LogP) is 2.39. The summed E-state index contributed by atoms with van der Waals surface area (Å²) in [7, 11) is 1.58. The number of methoxy groups -OCH3 is 1. The van der Waals surface area contributed by atoms with Crippen LogP contribution in [-0.2, 0) is 17.7 Å². The summed E-state index contributed by atoms with van der Waals surface area (Å²) in [5.74, 6) is -0.173. The van der Waals surface area contributed by atoms with Gasteiger partial charge in [0.05, 0.1) is 12.2 Å². The van der Waals surface area contributed by atoms with Crippen LogP contribution in [-0.4, -0.2) is 30.7 Å². The van der Waals surface area contributed by atoms with Crippen LogP contribution in [0.3, 0.4) is 0 Å². The molecule has 0 unspecified atom stereocenters. The molecule has 5 nitrogen and oxygen atoms in total. The summed E-state index contributed by atoms with van der Waals surface area (Å²) in [6, 6.07) is 7.30. The van der Waals surface area contributed by atoms with E-state index in [4.69, 9.17) is 4.74 Å². The van der Waals surface area contributed by atoms with Crippen molar-refractivity contribution in [2.45, 2.75) is 33.7 Å². The van der Waals surface area contributed by atoms with Crippen molar-refractivity contribution in [3.05, 3.63) is 68.6 Å². The second-order valence-electron chi connectivity index (χ2n) is 6.33. The van der Waals surface area contributed by atoms with Gasteiger partial charge in [0, 0.05) is 32.5 Å². The van der Waals surface area contributed by atoms with Crippen molar-refractivity contribution in [1.82, 2.24) is 9.88 Å². The number of nitrogens with zero attached hydrogens (tertiary/aromatic N) is 1. The quantitative estimate of drug-likeness (QED) is 0.840. The topological polar surface area (TPSA) is 60.3 Å². The van der Waals surface area contributed by atoms with Crippen LogP contribution in [0.15, 0.2) is 35.3 Å². The Hall–Kier alpha value is -2.40. The zero-order valence-corrected chi connectivity index (χ0v) is 15.4. The van der Waals surface area contributed by atoms with Gasteiger partial charge < -0.3 is 14.6 Å². The highest BCUT2D eigenvalue weighted by Crippen LogP contribution is 2.16. The molecule has 1 N–H and O–H groups in total. The van der Waals surface area contributed by atoms with E-state index in [0.29, 0.717) is 25.3 Å². The molecule has 0 aliphatic carbocycles. The van der Waals surface area contributed by atoms with E-state index in [1.807, 2.05) is 0 Å². The molecule has 1 aromatic carbocycles. The molecule has 0 fully saturated rings. The van der Waals surface area contributed by atoms with Crippen LogP contribution in [0.5, 0.6) is 0 Å². The molecule has 2 rings (SSSR count). The van der Waals surface area contributed by atoms with Gasteiger partial charge in [-0.2, -0.15) is 0 Å². The number of nitrogens with one attached hydrogen (secondary N) is 1. The molecule has 0 aliphatic rings. The Morgan fingerprint density at radius 1 is 1.16 bits per heavy atom. The number of ether oxygens (including phenoxy) is 1. The number of benzene rings is 1. The molecule has 5 heteroatoms. The van der Waals surface area contributed by atoms with Gasteiger partial charge in [-0.15, -0.1) is 0 Å². The minimum absolute atomic E-state index is 0.139. The van der Waals surface area contributed by atoms with E-state index in [-0.39, 0.29) is 11.5 Å². The number of rotatable bonds is 7. The molecule has 25 heavy (non-hydrogen) atoms. The molecule has 1 amide bonds. The van der Waals surface area contributed by atoms with Gasteiger partial charge in [-0.1, -0.05) is 17.7 Å². The highest BCUT2D eigenvalue weighted by Gasteiger charge is 2.09. The molecule has 0 aliphatic heterocycles. The number of amides is 1. The van der Waals surface area contributed by atoms with Gasteiger partial charge in [0.15, 0.2) is 0 Å². The molecule has 1 heterocycles. The number of aryl methyl sites for hydroxylation is 3. The summed E-state index contributed by atoms with van der Waals surface area (Å²) in [6.07, 6.45) is 2.37. The van der Waals surface area contributed by atoms with Crippen molar-refractivity contribution < 1.29 is 9.53 Å². The fraction of sp³-hybridized carbons (Fsp3) is 0.400. The van der Waals surface area contributed by atoms with Crippen molar-refractivity contribution in [2.24, 2.45) is 0 Å². The summed E-state index contributed by atoms with van der Waals surface area (Å²) in [5.41, 5.74) is 5.37. The Bertz CT molecular complexity index is 786. The lowest BCUT2D eigenvalue weighted by molar-refractivity contribution is 0.0953. The zero-order valence-electron chi connectivity index (χ0n) is 15.4. The van der Waals surface area contributed by atoms with Gasteiger partial charge in [0.1, 0.15) is 0 Å². The third kappa shape index (κ3) is 5.03. The Labute approximate surface area is 148 Å². The molecule has 1 aromatic heterocycles. The Morgan fingerprint density at radius 2 is 1.84 bits per heavy atom. The van der Waals surface area contributed by atoms with Crippen molar-refractivity contribution in [3.8, 4) is 0 Å². The zero-order chi connectivity index (χ0) is 18.4. The van der Waals surface area contributed by atoms with Crippen molar-refractivity contribution >= 4 is 5.91 Å². The highest BCUT2D eigenvalue weighted by atomic mass is 16.5. The summed E-state index contributed by atoms with van der Waals surface area (Å²) < 4.78 is 6.48. The molecular formula is C20H26N2O3. The lowest BCUT2D eigenvalue weighted by Crippen LogP contribution is -2.29. The van der Waals surface area contributed by atoms with Gasteiger partial charge in [-0.05, 0) is 49.9 Å². The highest BCUT2D eigenvalue weighted by molar-refractivity contribution is 5.93. The number of aromatic nitrogens is 1. The maximum absolute atomic E-state index is 12.3. The second kappa shape index (κ2) is 8.62. The van der Waals surface area contributed by atoms with Crippen molar-refractivity contribution in [2.75, 3.05) is 20.3 Å². The number of hydrogen-bond acceptors (Lipinski definition) is 3. The van der Waals surface area contributed by atoms with Gasteiger partial charge >= 0.3 is 0 Å². The first-order valence-electron chi connectivity index (χ1n) is 8.46. The largest absolute Gasteiger partial charge is 0.383 e. The first kappa shape index (κ1) is 18.9. The van der Waals surface area contributed by atoms with Gasteiger partial charge in [0.2, 0.25) is 0 Å². The van der Waals surface area contributed by atoms with Crippen LogP contribution in [0.4, 0.5) is 0 Å². The summed E-state index contributed by atoms with van der Waals surface area (Å²) in [4.78, 5) is 24.1. The summed E-state index contributed by atoms with van der Waals surface area (Å²) in [6.45, 7) is 7.70. The minimum Gasteiger partial charge on any atom is -0.383 e. The van der Waals surface area contributed by atoms with Crippen molar-refractivity contribution in [3.63, 3.8) is 0 Å². The van der Waals surface area contributed by atoms with E-state index in [2.05, 4.69) is 38.2 Å². The summed E-state index contributed by atoms with van der Waals surface area (Å²) in [5, 5.41) is 2.93. The van der Waals surface area contributed by atoms with Crippen LogP contribution >= 0.6 is 0 Å². The predicted molar refractivity (Wildman–Crippen MR) is 99.3 cm³/mol. The fourth-order valence-corrected chi connectivity index (χ4v) is 3.04. The molecule has 0 saturated carbocycles. The number of hydrogen-bond donors (Lipinski definition) is 1. The Balaban J connectivity index is 2.00. The molecule has 0 radical (unpaired) electrons. The Kier molecular flexibility index (Phi) is 6.53. The second-order valence-corrected chi connectivity index (χ2v) is 6.33. The Morgan fingerprint density at radius 3 is 2.48 bits per heavy atom. The van der Waals surface area contributed by atoms with Gasteiger partial charge in [0.25, 0.3) is 11.5 Å². The molecule has 0 saturated heterocycles. The average Bonchev–Trinajstić information content (AvgIpc) is 2.56. The summed E-state index contributed by atoms with van der Waals surface area (Å²) >= 11 is 0. The maximum Gasteiger partial charge on any atom is 0.252 e. The number of pyridine rings is 1. The van der Waals surface area contributed by atoms with E-state index >= 15 is 0 Å². The normalized spacial score (nSPS) is 10.7. The van der Waals surface area contributed by atoms with E-state index in [9.17, 15) is 9.59 Å². The van der Waals surface area contributed by atoms with E-state index in [0.717, 1.165) is 6.42 Å². The van der Waals surface area contributed by atoms with Gasteiger partial charge in [-0.3, -0.25) is 9.59 Å². The van der Waals surface area contributed by atoms with E-state index < -0.39 is 0 Å². The smallest absolute Gasteiger partial charge is 0.252 e. The maximum atomic E-state index is 12.3. The SMILES string of the molecule is COCCn1cc(C(=O)NCCc2c(C)cc(C)cc2C)ccc1=O. The van der Waals surface area contributed by atoms with Crippen LogP contribution in [0.2, 0.25) is 0 Å². The van der Waals surface area contributed by atoms with Crippen LogP contribution in [0.25, 0.3) is 0 Å². The standard InChI is InChI=1S/C20H26N2O3/c1-14-11-15(2)18(16(3)12-14)7-8-21-20(24)17-5-6-19(23)22(13-17)9-10-25-4/h5-6,11-13H,7-10H2,1-4H3,(H,21,24). The first-order valence-corrected chi connectivity index (χ1v) is 8.46. The van der Waals surface area contributed by atoms with Gasteiger partial charge in [-0.25, -0.2) is 0 Å². The first-order chi connectivity index (χ1) is 11.9. The van der Waals surface area contributed by atoms with Crippen LogP contribution in [0, 0.1) is 20.8 Å². The lowest BCUT2D eigenvalue weighted by atomic mass is 9.97. The molecule has 134 valence electrons. The number of carbonyl (C=O) groups excluding carboxylic acids is 1. The molecule has 0 bridgehead atoms. The minimum atomic E-state index is -0.173. The average molecular weight is 342 g/mol. The lowest BCUT2D eigenvalue weighted by Gasteiger charge is -2.12. The molecule has 0 spiro atoms. The van der Waals surface area contributed by atoms with E-state index in [1.165, 1.54) is 32.9 Å². The molecule has 2 aromatic rings. The third-order valence-corrected chi connectivity index (χ3v) is 4.28. The van der Waals surface area contributed by atoms with Crippen molar-refractivity contribution in [1.29, 1.82) is 0 Å². The number of carbonyl (C=O) groups is 1. The molecule has 0 atom stereocenters. The monoisotopic (exact) mass is 342 g/mol. The third-order valence-electron chi connectivity index (χ3n) is 4.28. The van der Waals surface area contributed by atoms with E-state index in [1.54, 1.807) is 19.4 Å². The van der Waals surface area contributed by atoms with Crippen LogP contribution in [0.1, 0.15) is 32.6 Å².